The molecule has 2 heterocycles. The average Bonchev–Trinajstić information content (AvgIpc) is 3.31. The van der Waals surface area contributed by atoms with E-state index in [0.29, 0.717) is 18.1 Å². The molecule has 4 nitrogen and oxygen atoms in total. The van der Waals surface area contributed by atoms with Gasteiger partial charge >= 0.3 is 0 Å². The van der Waals surface area contributed by atoms with Crippen molar-refractivity contribution in [1.29, 1.82) is 0 Å². The number of carbonyl (C=O) groups is 2. The van der Waals surface area contributed by atoms with E-state index in [1.54, 1.807) is 0 Å². The van der Waals surface area contributed by atoms with Crippen molar-refractivity contribution in [2.45, 2.75) is 42.9 Å². The standard InChI is InChI=1S/C18H22N2O2S3/c21-15(16-7-4-8-23-16)12-25-18-20-14(11-24-18)9-17(22)19-10-13-5-2-1-3-6-13/h4,7-8,11,13H,1-3,5-6,9-10,12H2,(H,19,22). The summed E-state index contributed by atoms with van der Waals surface area (Å²) in [6.07, 6.45) is 6.70. The number of aromatic nitrogens is 1. The zero-order valence-electron chi connectivity index (χ0n) is 14.0. The van der Waals surface area contributed by atoms with Gasteiger partial charge in [0.2, 0.25) is 5.91 Å². The molecule has 0 unspecified atom stereocenters. The van der Waals surface area contributed by atoms with Crippen LogP contribution in [0.25, 0.3) is 0 Å². The maximum Gasteiger partial charge on any atom is 0.226 e. The fourth-order valence-corrected chi connectivity index (χ4v) is 5.43. The van der Waals surface area contributed by atoms with Crippen LogP contribution in [0.5, 0.6) is 0 Å². The second kappa shape index (κ2) is 9.50. The number of carbonyl (C=O) groups excluding carboxylic acids is 2. The Hall–Kier alpha value is -1.18. The van der Waals surface area contributed by atoms with Crippen LogP contribution >= 0.6 is 34.4 Å². The molecule has 0 saturated heterocycles. The van der Waals surface area contributed by atoms with Gasteiger partial charge < -0.3 is 5.32 Å². The summed E-state index contributed by atoms with van der Waals surface area (Å²) in [5.41, 5.74) is 0.789. The Morgan fingerprint density at radius 3 is 2.84 bits per heavy atom. The normalized spacial score (nSPS) is 15.2. The highest BCUT2D eigenvalue weighted by Crippen LogP contribution is 2.25. The molecule has 0 spiro atoms. The molecule has 7 heteroatoms. The fraction of sp³-hybridized carbons (Fsp3) is 0.500. The summed E-state index contributed by atoms with van der Waals surface area (Å²) in [6, 6.07) is 3.73. The highest BCUT2D eigenvalue weighted by molar-refractivity contribution is 8.01. The SMILES string of the molecule is O=C(Cc1csc(SCC(=O)c2cccs2)n1)NCC1CCCCC1. The molecule has 1 aliphatic carbocycles. The monoisotopic (exact) mass is 394 g/mol. The van der Waals surface area contributed by atoms with Crippen LogP contribution in [-0.2, 0) is 11.2 Å². The Kier molecular flexibility index (Phi) is 7.07. The number of thiazole rings is 1. The number of hydrogen-bond donors (Lipinski definition) is 1. The number of thioether (sulfide) groups is 1. The third-order valence-electron chi connectivity index (χ3n) is 4.31. The Bertz CT molecular complexity index is 691. The Balaban J connectivity index is 1.40. The molecular weight excluding hydrogens is 372 g/mol. The largest absolute Gasteiger partial charge is 0.355 e. The number of ketones is 1. The molecule has 0 aliphatic heterocycles. The molecule has 0 aromatic carbocycles. The van der Waals surface area contributed by atoms with E-state index in [-0.39, 0.29) is 11.7 Å². The van der Waals surface area contributed by atoms with Crippen LogP contribution in [0.4, 0.5) is 0 Å². The van der Waals surface area contributed by atoms with Gasteiger partial charge in [0.25, 0.3) is 0 Å². The van der Waals surface area contributed by atoms with Crippen LogP contribution in [0.15, 0.2) is 27.2 Å². The van der Waals surface area contributed by atoms with E-state index >= 15 is 0 Å². The van der Waals surface area contributed by atoms with E-state index in [1.165, 1.54) is 66.5 Å². The van der Waals surface area contributed by atoms with Crippen LogP contribution in [0.3, 0.4) is 0 Å². The molecule has 0 bridgehead atoms. The number of thiophene rings is 1. The van der Waals surface area contributed by atoms with Gasteiger partial charge in [-0.3, -0.25) is 9.59 Å². The maximum absolute atomic E-state index is 12.1. The van der Waals surface area contributed by atoms with Crippen LogP contribution in [0.1, 0.15) is 47.5 Å². The molecule has 134 valence electrons. The lowest BCUT2D eigenvalue weighted by atomic mass is 9.89. The molecule has 1 amide bonds. The predicted molar refractivity (Wildman–Crippen MR) is 105 cm³/mol. The number of nitrogens with one attached hydrogen (secondary N) is 1. The Morgan fingerprint density at radius 1 is 1.24 bits per heavy atom. The van der Waals surface area contributed by atoms with Crippen LogP contribution < -0.4 is 5.32 Å². The van der Waals surface area contributed by atoms with E-state index in [2.05, 4.69) is 10.3 Å². The first-order valence-corrected chi connectivity index (χ1v) is 11.4. The molecule has 0 radical (unpaired) electrons. The zero-order valence-corrected chi connectivity index (χ0v) is 16.5. The van der Waals surface area contributed by atoms with Crippen LogP contribution in [-0.4, -0.2) is 29.0 Å². The zero-order chi connectivity index (χ0) is 17.5. The molecule has 1 saturated carbocycles. The smallest absolute Gasteiger partial charge is 0.226 e. The topological polar surface area (TPSA) is 59.1 Å². The van der Waals surface area contributed by atoms with E-state index in [9.17, 15) is 9.59 Å². The van der Waals surface area contributed by atoms with Gasteiger partial charge in [-0.05, 0) is 30.2 Å². The lowest BCUT2D eigenvalue weighted by molar-refractivity contribution is -0.120. The van der Waals surface area contributed by atoms with Crippen molar-refractivity contribution in [3.8, 4) is 0 Å². The Labute approximate surface area is 160 Å². The average molecular weight is 395 g/mol. The highest BCUT2D eigenvalue weighted by Gasteiger charge is 2.15. The second-order valence-electron chi connectivity index (χ2n) is 6.28. The minimum Gasteiger partial charge on any atom is -0.355 e. The van der Waals surface area contributed by atoms with Crippen molar-refractivity contribution in [2.75, 3.05) is 12.3 Å². The molecule has 0 atom stereocenters. The summed E-state index contributed by atoms with van der Waals surface area (Å²) >= 11 is 4.41. The van der Waals surface area contributed by atoms with Gasteiger partial charge in [-0.25, -0.2) is 4.98 Å². The predicted octanol–water partition coefficient (Wildman–Crippen LogP) is 4.42. The summed E-state index contributed by atoms with van der Waals surface area (Å²) in [6.45, 7) is 0.792. The quantitative estimate of drug-likeness (QED) is 0.532. The first-order valence-electron chi connectivity index (χ1n) is 8.61. The molecule has 1 N–H and O–H groups in total. The summed E-state index contributed by atoms with van der Waals surface area (Å²) < 4.78 is 0.847. The van der Waals surface area contributed by atoms with Crippen molar-refractivity contribution in [3.05, 3.63) is 33.5 Å². The van der Waals surface area contributed by atoms with Crippen molar-refractivity contribution >= 4 is 46.1 Å². The highest BCUT2D eigenvalue weighted by atomic mass is 32.2. The summed E-state index contributed by atoms with van der Waals surface area (Å²) in [5, 5.41) is 6.87. The number of rotatable bonds is 8. The summed E-state index contributed by atoms with van der Waals surface area (Å²) in [7, 11) is 0. The summed E-state index contributed by atoms with van der Waals surface area (Å²) in [4.78, 5) is 29.3. The van der Waals surface area contributed by atoms with Crippen LogP contribution in [0.2, 0.25) is 0 Å². The third-order valence-corrected chi connectivity index (χ3v) is 7.29. The lowest BCUT2D eigenvalue weighted by Crippen LogP contribution is -2.31. The van der Waals surface area contributed by atoms with Crippen molar-refractivity contribution in [1.82, 2.24) is 10.3 Å². The van der Waals surface area contributed by atoms with Gasteiger partial charge in [-0.1, -0.05) is 37.1 Å². The van der Waals surface area contributed by atoms with Crippen molar-refractivity contribution < 1.29 is 9.59 Å². The van der Waals surface area contributed by atoms with E-state index in [4.69, 9.17) is 0 Å². The fourth-order valence-electron chi connectivity index (χ4n) is 2.95. The van der Waals surface area contributed by atoms with E-state index in [0.717, 1.165) is 21.5 Å². The number of amides is 1. The minimum absolute atomic E-state index is 0.0436. The molecular formula is C18H22N2O2S3. The first-order chi connectivity index (χ1) is 12.2. The third kappa shape index (κ3) is 5.94. The van der Waals surface area contributed by atoms with E-state index in [1.807, 2.05) is 22.9 Å². The van der Waals surface area contributed by atoms with E-state index < -0.39 is 0 Å². The van der Waals surface area contributed by atoms with Gasteiger partial charge in [0.1, 0.15) is 0 Å². The molecule has 25 heavy (non-hydrogen) atoms. The van der Waals surface area contributed by atoms with Gasteiger partial charge in [0, 0.05) is 11.9 Å². The van der Waals surface area contributed by atoms with Gasteiger partial charge in [-0.15, -0.1) is 22.7 Å². The molecule has 2 aromatic heterocycles. The van der Waals surface area contributed by atoms with Crippen LogP contribution in [0, 0.1) is 5.92 Å². The minimum atomic E-state index is 0.0436. The van der Waals surface area contributed by atoms with Crippen molar-refractivity contribution in [2.24, 2.45) is 5.92 Å². The lowest BCUT2D eigenvalue weighted by Gasteiger charge is -2.21. The van der Waals surface area contributed by atoms with Crippen molar-refractivity contribution in [3.63, 3.8) is 0 Å². The number of hydrogen-bond acceptors (Lipinski definition) is 6. The van der Waals surface area contributed by atoms with Gasteiger partial charge in [0.05, 0.1) is 22.7 Å². The number of nitrogens with zero attached hydrogens (tertiary/aromatic N) is 1. The molecule has 1 fully saturated rings. The number of Topliss-reactive ketones (excluding diaryl/α,β-unsaturated/α-hetero) is 1. The summed E-state index contributed by atoms with van der Waals surface area (Å²) in [5.74, 6) is 1.20. The molecule has 1 aliphatic rings. The molecule has 3 rings (SSSR count). The second-order valence-corrected chi connectivity index (χ2v) is 9.31. The first kappa shape index (κ1) is 18.6. The van der Waals surface area contributed by atoms with Gasteiger partial charge in [-0.2, -0.15) is 0 Å². The molecule has 2 aromatic rings. The maximum atomic E-state index is 12.1. The van der Waals surface area contributed by atoms with Gasteiger partial charge in [0.15, 0.2) is 10.1 Å². The Morgan fingerprint density at radius 2 is 2.08 bits per heavy atom.